The minimum Gasteiger partial charge on any atom is -0.481 e. The Balaban J connectivity index is 1.67. The van der Waals surface area contributed by atoms with Gasteiger partial charge in [0.2, 0.25) is 5.91 Å². The summed E-state index contributed by atoms with van der Waals surface area (Å²) < 4.78 is 0. The van der Waals surface area contributed by atoms with Gasteiger partial charge >= 0.3 is 5.97 Å². The molecule has 2 rings (SSSR count). The number of amides is 1. The van der Waals surface area contributed by atoms with Crippen molar-refractivity contribution in [2.75, 3.05) is 12.3 Å². The zero-order valence-corrected chi connectivity index (χ0v) is 12.3. The Labute approximate surface area is 123 Å². The molecule has 0 aromatic heterocycles. The Morgan fingerprint density at radius 1 is 1.40 bits per heavy atom. The van der Waals surface area contributed by atoms with Crippen LogP contribution in [0.2, 0.25) is 0 Å². The summed E-state index contributed by atoms with van der Waals surface area (Å²) in [5, 5.41) is 11.7. The van der Waals surface area contributed by atoms with Crippen LogP contribution in [0.3, 0.4) is 0 Å². The number of hydrogen-bond donors (Lipinski definition) is 2. The Hall–Kier alpha value is -1.49. The zero-order chi connectivity index (χ0) is 14.6. The van der Waals surface area contributed by atoms with Crippen LogP contribution < -0.4 is 5.32 Å². The summed E-state index contributed by atoms with van der Waals surface area (Å²) in [5.41, 5.74) is 1.73. The van der Waals surface area contributed by atoms with Crippen molar-refractivity contribution in [1.29, 1.82) is 0 Å². The number of carbonyl (C=O) groups is 2. The van der Waals surface area contributed by atoms with Gasteiger partial charge < -0.3 is 10.4 Å². The van der Waals surface area contributed by atoms with Crippen molar-refractivity contribution in [2.45, 2.75) is 25.5 Å². The summed E-state index contributed by atoms with van der Waals surface area (Å²) in [6.45, 7) is 2.30. The van der Waals surface area contributed by atoms with Gasteiger partial charge in [0, 0.05) is 12.3 Å². The molecule has 0 spiro atoms. The predicted octanol–water partition coefficient (Wildman–Crippen LogP) is 2.21. The second kappa shape index (κ2) is 6.31. The van der Waals surface area contributed by atoms with Crippen LogP contribution >= 0.6 is 11.8 Å². The van der Waals surface area contributed by atoms with Gasteiger partial charge in [-0.1, -0.05) is 29.8 Å². The number of aryl methyl sites for hydroxylation is 1. The van der Waals surface area contributed by atoms with Crippen molar-refractivity contribution in [3.8, 4) is 0 Å². The lowest BCUT2D eigenvalue weighted by Gasteiger charge is -2.11. The number of hydrogen-bond acceptors (Lipinski definition) is 3. The van der Waals surface area contributed by atoms with Gasteiger partial charge in [-0.15, -0.1) is 11.8 Å². The van der Waals surface area contributed by atoms with E-state index < -0.39 is 11.4 Å². The molecule has 0 unspecified atom stereocenters. The Bertz CT molecular complexity index is 512. The smallest absolute Gasteiger partial charge is 0.311 e. The average Bonchev–Trinajstić information content (AvgIpc) is 3.18. The molecule has 5 heteroatoms. The summed E-state index contributed by atoms with van der Waals surface area (Å²) in [7, 11) is 0. The molecule has 1 aliphatic carbocycles. The molecular weight excluding hydrogens is 274 g/mol. The molecule has 1 aliphatic rings. The number of benzene rings is 1. The normalized spacial score (nSPS) is 15.7. The molecule has 1 aromatic carbocycles. The van der Waals surface area contributed by atoms with Gasteiger partial charge in [0.25, 0.3) is 0 Å². The SMILES string of the molecule is Cc1cccc(CSCC(=O)NCC2(C(=O)O)CC2)c1. The first-order chi connectivity index (χ1) is 9.52. The summed E-state index contributed by atoms with van der Waals surface area (Å²) in [6, 6.07) is 8.20. The average molecular weight is 293 g/mol. The third-order valence-corrected chi connectivity index (χ3v) is 4.52. The van der Waals surface area contributed by atoms with Crippen LogP contribution in [0, 0.1) is 12.3 Å². The molecule has 108 valence electrons. The lowest BCUT2D eigenvalue weighted by molar-refractivity contribution is -0.143. The molecule has 1 amide bonds. The molecule has 0 heterocycles. The van der Waals surface area contributed by atoms with Gasteiger partial charge in [0.1, 0.15) is 0 Å². The fourth-order valence-corrected chi connectivity index (χ4v) is 2.80. The van der Waals surface area contributed by atoms with E-state index in [9.17, 15) is 9.59 Å². The molecule has 0 bridgehead atoms. The molecule has 2 N–H and O–H groups in total. The zero-order valence-electron chi connectivity index (χ0n) is 11.5. The van der Waals surface area contributed by atoms with Crippen molar-refractivity contribution in [2.24, 2.45) is 5.41 Å². The van der Waals surface area contributed by atoms with Crippen LogP contribution in [0.5, 0.6) is 0 Å². The Morgan fingerprint density at radius 2 is 2.15 bits per heavy atom. The minimum absolute atomic E-state index is 0.0878. The molecule has 1 saturated carbocycles. The highest BCUT2D eigenvalue weighted by molar-refractivity contribution is 7.99. The van der Waals surface area contributed by atoms with Crippen molar-refractivity contribution in [1.82, 2.24) is 5.32 Å². The van der Waals surface area contributed by atoms with E-state index in [1.165, 1.54) is 11.1 Å². The fraction of sp³-hybridized carbons (Fsp3) is 0.467. The molecular formula is C15H19NO3S. The quantitative estimate of drug-likeness (QED) is 0.809. The fourth-order valence-electron chi connectivity index (χ4n) is 2.00. The minimum atomic E-state index is -0.801. The number of rotatable bonds is 7. The van der Waals surface area contributed by atoms with Crippen molar-refractivity contribution < 1.29 is 14.7 Å². The van der Waals surface area contributed by atoms with Gasteiger partial charge in [-0.05, 0) is 25.3 Å². The lowest BCUT2D eigenvalue weighted by atomic mass is 10.1. The van der Waals surface area contributed by atoms with Gasteiger partial charge in [-0.3, -0.25) is 9.59 Å². The maximum absolute atomic E-state index is 11.7. The molecule has 0 atom stereocenters. The lowest BCUT2D eigenvalue weighted by Crippen LogP contribution is -2.35. The standard InChI is InChI=1S/C15H19NO3S/c1-11-3-2-4-12(7-11)8-20-9-13(17)16-10-15(5-6-15)14(18)19/h2-4,7H,5-6,8-10H2,1H3,(H,16,17)(H,18,19). The second-order valence-electron chi connectivity index (χ2n) is 5.34. The van der Waals surface area contributed by atoms with E-state index in [1.807, 2.05) is 25.1 Å². The molecule has 20 heavy (non-hydrogen) atoms. The van der Waals surface area contributed by atoms with Crippen LogP contribution in [0.4, 0.5) is 0 Å². The van der Waals surface area contributed by atoms with Crippen LogP contribution in [-0.2, 0) is 15.3 Å². The van der Waals surface area contributed by atoms with Crippen LogP contribution in [0.1, 0.15) is 24.0 Å². The summed E-state index contributed by atoms with van der Waals surface area (Å²) in [5.74, 6) is 0.267. The van der Waals surface area contributed by atoms with Gasteiger partial charge in [-0.2, -0.15) is 0 Å². The predicted molar refractivity (Wildman–Crippen MR) is 79.7 cm³/mol. The topological polar surface area (TPSA) is 66.4 Å². The van der Waals surface area contributed by atoms with Gasteiger partial charge in [-0.25, -0.2) is 0 Å². The molecule has 1 aromatic rings. The van der Waals surface area contributed by atoms with Gasteiger partial charge in [0.05, 0.1) is 11.2 Å². The van der Waals surface area contributed by atoms with E-state index in [4.69, 9.17) is 5.11 Å². The molecule has 0 saturated heterocycles. The van der Waals surface area contributed by atoms with Gasteiger partial charge in [0.15, 0.2) is 0 Å². The number of carbonyl (C=O) groups excluding carboxylic acids is 1. The molecule has 0 radical (unpaired) electrons. The Morgan fingerprint density at radius 3 is 2.75 bits per heavy atom. The maximum atomic E-state index is 11.7. The largest absolute Gasteiger partial charge is 0.481 e. The van der Waals surface area contributed by atoms with Crippen LogP contribution in [0.25, 0.3) is 0 Å². The first-order valence-electron chi connectivity index (χ1n) is 6.65. The summed E-state index contributed by atoms with van der Waals surface area (Å²) >= 11 is 1.54. The third kappa shape index (κ3) is 4.00. The molecule has 4 nitrogen and oxygen atoms in total. The Kier molecular flexibility index (Phi) is 4.70. The highest BCUT2D eigenvalue weighted by Gasteiger charge is 2.50. The first-order valence-corrected chi connectivity index (χ1v) is 7.81. The monoisotopic (exact) mass is 293 g/mol. The van der Waals surface area contributed by atoms with Crippen molar-refractivity contribution >= 4 is 23.6 Å². The van der Waals surface area contributed by atoms with Crippen molar-refractivity contribution in [3.63, 3.8) is 0 Å². The van der Waals surface area contributed by atoms with Crippen molar-refractivity contribution in [3.05, 3.63) is 35.4 Å². The highest BCUT2D eigenvalue weighted by atomic mass is 32.2. The van der Waals surface area contributed by atoms with E-state index in [-0.39, 0.29) is 12.5 Å². The maximum Gasteiger partial charge on any atom is 0.311 e. The number of aliphatic carboxylic acids is 1. The van der Waals surface area contributed by atoms with E-state index in [1.54, 1.807) is 11.8 Å². The number of thioether (sulfide) groups is 1. The van der Waals surface area contributed by atoms with E-state index >= 15 is 0 Å². The number of carboxylic acid groups (broad SMARTS) is 1. The molecule has 1 fully saturated rings. The molecule has 0 aliphatic heterocycles. The van der Waals surface area contributed by atoms with E-state index in [0.29, 0.717) is 18.6 Å². The number of carboxylic acids is 1. The summed E-state index contributed by atoms with van der Waals surface area (Å²) in [4.78, 5) is 22.6. The third-order valence-electron chi connectivity index (χ3n) is 3.52. The van der Waals surface area contributed by atoms with Crippen LogP contribution in [0.15, 0.2) is 24.3 Å². The highest BCUT2D eigenvalue weighted by Crippen LogP contribution is 2.45. The summed E-state index contributed by atoms with van der Waals surface area (Å²) in [6.07, 6.45) is 1.33. The van der Waals surface area contributed by atoms with E-state index in [2.05, 4.69) is 11.4 Å². The van der Waals surface area contributed by atoms with E-state index in [0.717, 1.165) is 5.75 Å². The number of nitrogens with one attached hydrogen (secondary N) is 1. The first kappa shape index (κ1) is 14.9. The second-order valence-corrected chi connectivity index (χ2v) is 6.33. The van der Waals surface area contributed by atoms with Crippen LogP contribution in [-0.4, -0.2) is 29.3 Å².